The summed E-state index contributed by atoms with van der Waals surface area (Å²) in [5, 5.41) is 20.2. The molecule has 5 nitrogen and oxygen atoms in total. The van der Waals surface area contributed by atoms with Gasteiger partial charge in [0.15, 0.2) is 0 Å². The molecule has 5 heteroatoms. The molecule has 7 rings (SSSR count). The number of aromatic hydroxyl groups is 1. The van der Waals surface area contributed by atoms with Crippen LogP contribution >= 0.6 is 0 Å². The molecule has 0 amide bonds. The number of benzene rings is 1. The third kappa shape index (κ3) is 7.12. The van der Waals surface area contributed by atoms with E-state index >= 15 is 0 Å². The Hall–Kier alpha value is -2.14. The summed E-state index contributed by atoms with van der Waals surface area (Å²) in [7, 11) is 0. The monoisotopic (exact) mass is 686 g/mol. The molecule has 6 aliphatic carbocycles. The molecule has 276 valence electrons. The van der Waals surface area contributed by atoms with Crippen LogP contribution in [0.2, 0.25) is 0 Å². The minimum atomic E-state index is -0.282. The molecule has 1 aromatic rings. The molecule has 5 saturated carbocycles. The molecular formula is C45H66O5. The van der Waals surface area contributed by atoms with Crippen LogP contribution in [0.4, 0.5) is 0 Å². The van der Waals surface area contributed by atoms with Crippen molar-refractivity contribution >= 4 is 11.8 Å². The Morgan fingerprint density at radius 3 is 2.60 bits per heavy atom. The van der Waals surface area contributed by atoms with E-state index < -0.39 is 0 Å². The van der Waals surface area contributed by atoms with Crippen LogP contribution in [-0.4, -0.2) is 34.7 Å². The van der Waals surface area contributed by atoms with Gasteiger partial charge in [-0.05, 0) is 165 Å². The predicted octanol–water partition coefficient (Wildman–Crippen LogP) is 9.82. The lowest BCUT2D eigenvalue weighted by Gasteiger charge is -2.50. The zero-order valence-electron chi connectivity index (χ0n) is 31.5. The van der Waals surface area contributed by atoms with Crippen LogP contribution in [-0.2, 0) is 20.7 Å². The van der Waals surface area contributed by atoms with Gasteiger partial charge in [-0.3, -0.25) is 9.59 Å². The van der Waals surface area contributed by atoms with Crippen molar-refractivity contribution in [2.24, 2.45) is 70.5 Å². The molecule has 0 spiro atoms. The number of carbonyl (C=O) groups is 2. The SMILES string of the molecule is CC(C)C(/C=C/C(C)C1CCC2C(CCC3CC(O)CCC3=O)CCCC12)COC(=O)C1CCC2C3CCc4cc(O)ccc4C3CCC12C. The minimum absolute atomic E-state index is 0.00125. The number of phenolic OH excluding ortho intramolecular Hbond substituents is 1. The molecule has 0 saturated heterocycles. The number of allylic oxidation sites excluding steroid dienone is 1. The number of hydrogen-bond acceptors (Lipinski definition) is 5. The Morgan fingerprint density at radius 1 is 0.940 bits per heavy atom. The van der Waals surface area contributed by atoms with Crippen molar-refractivity contribution in [1.82, 2.24) is 0 Å². The van der Waals surface area contributed by atoms with Gasteiger partial charge in [-0.2, -0.15) is 0 Å². The van der Waals surface area contributed by atoms with E-state index in [0.29, 0.717) is 67.0 Å². The van der Waals surface area contributed by atoms with Crippen LogP contribution in [0.3, 0.4) is 0 Å². The number of hydrogen-bond donors (Lipinski definition) is 2. The number of aliphatic hydroxyl groups is 1. The zero-order chi connectivity index (χ0) is 35.2. The number of aryl methyl sites for hydroxylation is 1. The maximum atomic E-state index is 13.8. The van der Waals surface area contributed by atoms with Crippen molar-refractivity contribution < 1.29 is 24.5 Å². The number of ether oxygens (including phenoxy) is 1. The molecule has 0 heterocycles. The van der Waals surface area contributed by atoms with Gasteiger partial charge >= 0.3 is 5.97 Å². The number of phenols is 1. The summed E-state index contributed by atoms with van der Waals surface area (Å²) in [4.78, 5) is 26.4. The van der Waals surface area contributed by atoms with E-state index in [4.69, 9.17) is 4.74 Å². The third-order valence-electron chi connectivity index (χ3n) is 15.9. The highest BCUT2D eigenvalue weighted by Gasteiger charge is 2.57. The molecule has 13 unspecified atom stereocenters. The number of carbonyl (C=O) groups excluding carboxylic acids is 2. The fraction of sp³-hybridized carbons (Fsp3) is 0.778. The van der Waals surface area contributed by atoms with E-state index in [1.165, 1.54) is 43.2 Å². The first-order valence-electron chi connectivity index (χ1n) is 20.9. The van der Waals surface area contributed by atoms with Gasteiger partial charge < -0.3 is 14.9 Å². The smallest absolute Gasteiger partial charge is 0.309 e. The first kappa shape index (κ1) is 36.2. The quantitative estimate of drug-likeness (QED) is 0.189. The van der Waals surface area contributed by atoms with Gasteiger partial charge in [-0.25, -0.2) is 0 Å². The number of ketones is 1. The lowest BCUT2D eigenvalue weighted by atomic mass is 9.54. The average Bonchev–Trinajstić information content (AvgIpc) is 3.69. The van der Waals surface area contributed by atoms with E-state index in [9.17, 15) is 19.8 Å². The Bertz CT molecular complexity index is 1400. The van der Waals surface area contributed by atoms with Crippen molar-refractivity contribution in [3.05, 3.63) is 41.5 Å². The Labute approximate surface area is 302 Å². The van der Waals surface area contributed by atoms with Crippen LogP contribution in [0, 0.1) is 70.5 Å². The largest absolute Gasteiger partial charge is 0.508 e. The summed E-state index contributed by atoms with van der Waals surface area (Å²) in [5.41, 5.74) is 2.79. The number of aliphatic hydroxyl groups excluding tert-OH is 1. The van der Waals surface area contributed by atoms with Crippen LogP contribution in [0.5, 0.6) is 5.75 Å². The maximum Gasteiger partial charge on any atom is 0.309 e. The number of rotatable bonds is 10. The average molecular weight is 687 g/mol. The van der Waals surface area contributed by atoms with E-state index in [-0.39, 0.29) is 35.2 Å². The normalized spacial score (nSPS) is 39.4. The van der Waals surface area contributed by atoms with E-state index in [1.807, 2.05) is 12.1 Å². The molecule has 0 radical (unpaired) electrons. The van der Waals surface area contributed by atoms with E-state index in [2.05, 4.69) is 45.9 Å². The molecule has 6 aliphatic rings. The van der Waals surface area contributed by atoms with Gasteiger partial charge in [0.2, 0.25) is 0 Å². The molecular weight excluding hydrogens is 620 g/mol. The summed E-state index contributed by atoms with van der Waals surface area (Å²) in [6.07, 6.45) is 21.7. The van der Waals surface area contributed by atoms with Crippen molar-refractivity contribution in [1.29, 1.82) is 0 Å². The number of esters is 1. The highest BCUT2D eigenvalue weighted by atomic mass is 16.5. The molecule has 2 N–H and O–H groups in total. The first-order valence-corrected chi connectivity index (χ1v) is 20.9. The molecule has 13 atom stereocenters. The molecule has 0 bridgehead atoms. The Balaban J connectivity index is 0.921. The van der Waals surface area contributed by atoms with Crippen LogP contribution in [0.15, 0.2) is 30.4 Å². The Kier molecular flexibility index (Phi) is 10.9. The second-order valence-electron chi connectivity index (χ2n) is 18.7. The lowest BCUT2D eigenvalue weighted by Crippen LogP contribution is -2.44. The highest BCUT2D eigenvalue weighted by Crippen LogP contribution is 2.63. The topological polar surface area (TPSA) is 83.8 Å². The summed E-state index contributed by atoms with van der Waals surface area (Å²) >= 11 is 0. The number of fused-ring (bicyclic) bond motifs is 6. The van der Waals surface area contributed by atoms with E-state index in [1.54, 1.807) is 0 Å². The van der Waals surface area contributed by atoms with Crippen molar-refractivity contribution in [3.63, 3.8) is 0 Å². The van der Waals surface area contributed by atoms with Gasteiger partial charge in [-0.1, -0.05) is 58.8 Å². The van der Waals surface area contributed by atoms with Crippen molar-refractivity contribution in [3.8, 4) is 5.75 Å². The molecule has 50 heavy (non-hydrogen) atoms. The van der Waals surface area contributed by atoms with Crippen LogP contribution < -0.4 is 0 Å². The highest BCUT2D eigenvalue weighted by molar-refractivity contribution is 5.81. The number of Topliss-reactive ketones (excluding diaryl/α,β-unsaturated/α-hetero) is 1. The van der Waals surface area contributed by atoms with Gasteiger partial charge in [-0.15, -0.1) is 0 Å². The summed E-state index contributed by atoms with van der Waals surface area (Å²) in [5.74, 6) is 6.83. The first-order chi connectivity index (χ1) is 24.0. The second-order valence-corrected chi connectivity index (χ2v) is 18.7. The van der Waals surface area contributed by atoms with E-state index in [0.717, 1.165) is 75.0 Å². The molecule has 0 aliphatic heterocycles. The predicted molar refractivity (Wildman–Crippen MR) is 198 cm³/mol. The molecule has 1 aromatic carbocycles. The summed E-state index contributed by atoms with van der Waals surface area (Å²) in [6, 6.07) is 6.00. The minimum Gasteiger partial charge on any atom is -0.508 e. The fourth-order valence-electron chi connectivity index (χ4n) is 12.9. The maximum absolute atomic E-state index is 13.8. The van der Waals surface area contributed by atoms with Gasteiger partial charge in [0.1, 0.15) is 11.5 Å². The zero-order valence-corrected chi connectivity index (χ0v) is 31.5. The lowest BCUT2D eigenvalue weighted by molar-refractivity contribution is -0.155. The molecule has 0 aromatic heterocycles. The van der Waals surface area contributed by atoms with Gasteiger partial charge in [0.25, 0.3) is 0 Å². The van der Waals surface area contributed by atoms with Crippen molar-refractivity contribution in [2.45, 2.75) is 142 Å². The standard InChI is InChI=1S/C45H66O5/c1-27(2)32(9-8-28(3)35-17-18-36-29(6-5-7-38(35)36)10-11-31-25-34(47)14-21-43(31)48)26-50-44(49)42-20-19-41-40-15-12-30-24-33(46)13-16-37(30)39(40)22-23-45(41,42)4/h8-9,13,16,24,27-29,31-32,34-36,38-42,46-47H,5-7,10-12,14-15,17-23,25-26H2,1-4H3/b9-8+. The van der Waals surface area contributed by atoms with Crippen LogP contribution in [0.1, 0.15) is 141 Å². The third-order valence-corrected chi connectivity index (χ3v) is 15.9. The van der Waals surface area contributed by atoms with Gasteiger partial charge in [0.05, 0.1) is 18.6 Å². The second kappa shape index (κ2) is 15.1. The van der Waals surface area contributed by atoms with Gasteiger partial charge in [0, 0.05) is 18.3 Å². The van der Waals surface area contributed by atoms with Crippen molar-refractivity contribution in [2.75, 3.05) is 6.61 Å². The molecule has 5 fully saturated rings. The fourth-order valence-corrected chi connectivity index (χ4v) is 12.9. The Morgan fingerprint density at radius 2 is 1.78 bits per heavy atom. The summed E-state index contributed by atoms with van der Waals surface area (Å²) in [6.45, 7) is 9.81. The summed E-state index contributed by atoms with van der Waals surface area (Å²) < 4.78 is 6.26. The van der Waals surface area contributed by atoms with Crippen LogP contribution in [0.25, 0.3) is 0 Å².